The maximum Gasteiger partial charge on any atom is 0.341 e. The van der Waals surface area contributed by atoms with Gasteiger partial charge >= 0.3 is 5.97 Å². The van der Waals surface area contributed by atoms with Crippen molar-refractivity contribution in [1.82, 2.24) is 0 Å². The fraction of sp³-hybridized carbons (Fsp3) is 0.263. The Morgan fingerprint density at radius 3 is 2.61 bits per heavy atom. The van der Waals surface area contributed by atoms with Crippen LogP contribution < -0.4 is 15.0 Å². The summed E-state index contributed by atoms with van der Waals surface area (Å²) in [4.78, 5) is 36.0. The molecule has 9 heteroatoms. The van der Waals surface area contributed by atoms with Crippen LogP contribution >= 0.6 is 0 Å². The van der Waals surface area contributed by atoms with Crippen molar-refractivity contribution in [2.45, 2.75) is 12.8 Å². The second-order valence-electron chi connectivity index (χ2n) is 6.32. The van der Waals surface area contributed by atoms with Crippen molar-refractivity contribution in [2.75, 3.05) is 29.9 Å². The van der Waals surface area contributed by atoms with E-state index >= 15 is 0 Å². The smallest absolute Gasteiger partial charge is 0.341 e. The molecule has 2 N–H and O–H groups in total. The number of carboxylic acids is 1. The number of rotatable bonds is 7. The normalized spacial score (nSPS) is 13.2. The Morgan fingerprint density at radius 2 is 1.93 bits per heavy atom. The van der Waals surface area contributed by atoms with Gasteiger partial charge in [-0.3, -0.25) is 14.9 Å². The van der Waals surface area contributed by atoms with Crippen LogP contribution in [0, 0.1) is 10.1 Å². The number of ether oxygens (including phenoxy) is 1. The number of nitrogens with zero attached hydrogens (tertiary/aromatic N) is 2. The molecule has 0 saturated carbocycles. The molecule has 28 heavy (non-hydrogen) atoms. The molecular formula is C19H19N3O6. The maximum atomic E-state index is 12.5. The van der Waals surface area contributed by atoms with Crippen molar-refractivity contribution < 1.29 is 24.4 Å². The molecule has 0 spiro atoms. The second-order valence-corrected chi connectivity index (χ2v) is 6.32. The predicted molar refractivity (Wildman–Crippen MR) is 102 cm³/mol. The molecule has 1 fully saturated rings. The van der Waals surface area contributed by atoms with Crippen molar-refractivity contribution in [3.63, 3.8) is 0 Å². The first-order chi connectivity index (χ1) is 13.4. The lowest BCUT2D eigenvalue weighted by molar-refractivity contribution is -0.384. The van der Waals surface area contributed by atoms with Gasteiger partial charge in [0.2, 0.25) is 0 Å². The van der Waals surface area contributed by atoms with Crippen LogP contribution in [0.5, 0.6) is 5.75 Å². The van der Waals surface area contributed by atoms with Crippen molar-refractivity contribution in [3.05, 3.63) is 58.1 Å². The molecular weight excluding hydrogens is 366 g/mol. The van der Waals surface area contributed by atoms with Gasteiger partial charge in [0.15, 0.2) is 6.61 Å². The zero-order valence-electron chi connectivity index (χ0n) is 15.0. The monoisotopic (exact) mass is 385 g/mol. The van der Waals surface area contributed by atoms with Crippen molar-refractivity contribution in [2.24, 2.45) is 0 Å². The molecule has 1 saturated heterocycles. The molecule has 0 bridgehead atoms. The number of nitro benzene ring substituents is 1. The van der Waals surface area contributed by atoms with Crippen LogP contribution in [0.15, 0.2) is 42.5 Å². The average molecular weight is 385 g/mol. The summed E-state index contributed by atoms with van der Waals surface area (Å²) in [5, 5.41) is 22.8. The minimum Gasteiger partial charge on any atom is -0.482 e. The van der Waals surface area contributed by atoms with Crippen LogP contribution in [0.1, 0.15) is 23.2 Å². The molecule has 1 aliphatic heterocycles. The Hall–Kier alpha value is -3.62. The molecule has 0 radical (unpaired) electrons. The van der Waals surface area contributed by atoms with Gasteiger partial charge in [-0.2, -0.15) is 0 Å². The van der Waals surface area contributed by atoms with E-state index in [1.165, 1.54) is 12.1 Å². The number of hydrogen-bond acceptors (Lipinski definition) is 6. The second kappa shape index (κ2) is 8.38. The average Bonchev–Trinajstić information content (AvgIpc) is 3.20. The van der Waals surface area contributed by atoms with Gasteiger partial charge in [-0.1, -0.05) is 6.07 Å². The number of aliphatic carboxylic acids is 1. The number of hydrogen-bond donors (Lipinski definition) is 2. The van der Waals surface area contributed by atoms with Gasteiger partial charge < -0.3 is 20.1 Å². The molecule has 9 nitrogen and oxygen atoms in total. The van der Waals surface area contributed by atoms with Crippen molar-refractivity contribution in [1.29, 1.82) is 0 Å². The van der Waals surface area contributed by atoms with E-state index in [9.17, 15) is 19.7 Å². The zero-order valence-corrected chi connectivity index (χ0v) is 15.0. The molecule has 2 aromatic rings. The number of carboxylic acid groups (broad SMARTS) is 1. The third kappa shape index (κ3) is 4.56. The van der Waals surface area contributed by atoms with Gasteiger partial charge in [0, 0.05) is 36.5 Å². The van der Waals surface area contributed by atoms with E-state index in [0.717, 1.165) is 25.9 Å². The summed E-state index contributed by atoms with van der Waals surface area (Å²) in [5.41, 5.74) is 0.960. The van der Waals surface area contributed by atoms with Gasteiger partial charge in [0.1, 0.15) is 11.4 Å². The van der Waals surface area contributed by atoms with E-state index in [2.05, 4.69) is 5.32 Å². The van der Waals surface area contributed by atoms with Gasteiger partial charge in [0.25, 0.3) is 11.6 Å². The molecule has 146 valence electrons. The highest BCUT2D eigenvalue weighted by Crippen LogP contribution is 2.32. The van der Waals surface area contributed by atoms with Crippen LogP contribution in [0.4, 0.5) is 17.1 Å². The van der Waals surface area contributed by atoms with Crippen LogP contribution in [-0.4, -0.2) is 41.6 Å². The van der Waals surface area contributed by atoms with E-state index in [4.69, 9.17) is 9.84 Å². The van der Waals surface area contributed by atoms with E-state index in [1.807, 2.05) is 4.90 Å². The fourth-order valence-corrected chi connectivity index (χ4v) is 3.05. The van der Waals surface area contributed by atoms with Crippen LogP contribution in [0.3, 0.4) is 0 Å². The lowest BCUT2D eigenvalue weighted by atomic mass is 10.1. The first kappa shape index (κ1) is 19.2. The molecule has 0 aromatic heterocycles. The summed E-state index contributed by atoms with van der Waals surface area (Å²) in [6, 6.07) is 10.7. The Bertz CT molecular complexity index is 908. The quantitative estimate of drug-likeness (QED) is 0.555. The first-order valence-corrected chi connectivity index (χ1v) is 8.73. The fourth-order valence-electron chi connectivity index (χ4n) is 3.05. The number of nitro groups is 1. The summed E-state index contributed by atoms with van der Waals surface area (Å²) < 4.78 is 5.07. The topological polar surface area (TPSA) is 122 Å². The SMILES string of the molecule is O=C(O)COc1cccc(NC(=O)c2ccc(N3CCCC3)c([N+](=O)[O-])c2)c1. The highest BCUT2D eigenvalue weighted by molar-refractivity contribution is 6.05. The van der Waals surface area contributed by atoms with Crippen LogP contribution in [-0.2, 0) is 4.79 Å². The lowest BCUT2D eigenvalue weighted by Crippen LogP contribution is -2.19. The number of carbonyl (C=O) groups excluding carboxylic acids is 1. The molecule has 0 aliphatic carbocycles. The summed E-state index contributed by atoms with van der Waals surface area (Å²) in [5.74, 6) is -1.33. The summed E-state index contributed by atoms with van der Waals surface area (Å²) >= 11 is 0. The van der Waals surface area contributed by atoms with Crippen LogP contribution in [0.2, 0.25) is 0 Å². The highest BCUT2D eigenvalue weighted by atomic mass is 16.6. The molecule has 3 rings (SSSR count). The Kier molecular flexibility index (Phi) is 5.73. The number of anilines is 2. The molecule has 1 aliphatic rings. The number of carbonyl (C=O) groups is 2. The lowest BCUT2D eigenvalue weighted by Gasteiger charge is -2.17. The first-order valence-electron chi connectivity index (χ1n) is 8.73. The standard InChI is InChI=1S/C19H19N3O6/c23-18(24)12-28-15-5-3-4-14(11-15)20-19(25)13-6-7-16(17(10-13)22(26)27)21-8-1-2-9-21/h3-7,10-11H,1-2,8-9,12H2,(H,20,25)(H,23,24). The summed E-state index contributed by atoms with van der Waals surface area (Å²) in [6.07, 6.45) is 1.97. The van der Waals surface area contributed by atoms with E-state index in [0.29, 0.717) is 11.4 Å². The van der Waals surface area contributed by atoms with E-state index in [1.54, 1.807) is 30.3 Å². The van der Waals surface area contributed by atoms with Crippen molar-refractivity contribution in [3.8, 4) is 5.75 Å². The van der Waals surface area contributed by atoms with Gasteiger partial charge in [-0.15, -0.1) is 0 Å². The maximum absolute atomic E-state index is 12.5. The van der Waals surface area contributed by atoms with Crippen LogP contribution in [0.25, 0.3) is 0 Å². The number of nitrogens with one attached hydrogen (secondary N) is 1. The minimum absolute atomic E-state index is 0.104. The third-order valence-corrected chi connectivity index (χ3v) is 4.34. The Balaban J connectivity index is 1.77. The molecule has 0 atom stereocenters. The predicted octanol–water partition coefficient (Wildman–Crippen LogP) is 2.91. The van der Waals surface area contributed by atoms with E-state index < -0.39 is 23.4 Å². The van der Waals surface area contributed by atoms with Crippen molar-refractivity contribution >= 4 is 28.9 Å². The number of benzene rings is 2. The summed E-state index contributed by atoms with van der Waals surface area (Å²) in [6.45, 7) is 1.02. The minimum atomic E-state index is -1.11. The van der Waals surface area contributed by atoms with Gasteiger partial charge in [-0.25, -0.2) is 4.79 Å². The van der Waals surface area contributed by atoms with Gasteiger partial charge in [-0.05, 0) is 37.1 Å². The third-order valence-electron chi connectivity index (χ3n) is 4.34. The number of amides is 1. The molecule has 0 unspecified atom stereocenters. The largest absolute Gasteiger partial charge is 0.482 e. The Morgan fingerprint density at radius 1 is 1.18 bits per heavy atom. The highest BCUT2D eigenvalue weighted by Gasteiger charge is 2.24. The summed E-state index contributed by atoms with van der Waals surface area (Å²) in [7, 11) is 0. The molecule has 1 heterocycles. The Labute approximate surface area is 160 Å². The van der Waals surface area contributed by atoms with E-state index in [-0.39, 0.29) is 17.0 Å². The van der Waals surface area contributed by atoms with Gasteiger partial charge in [0.05, 0.1) is 4.92 Å². The zero-order chi connectivity index (χ0) is 20.1. The molecule has 1 amide bonds. The molecule has 2 aromatic carbocycles.